The fourth-order valence-electron chi connectivity index (χ4n) is 4.26. The van der Waals surface area contributed by atoms with Gasteiger partial charge in [0.2, 0.25) is 15.3 Å². The van der Waals surface area contributed by atoms with Gasteiger partial charge >= 0.3 is 0 Å². The number of hydrogen-bond donors (Lipinski definition) is 0. The van der Waals surface area contributed by atoms with Crippen molar-refractivity contribution in [1.82, 2.24) is 4.57 Å². The second-order valence-corrected chi connectivity index (χ2v) is 10.6. The molecule has 1 fully saturated rings. The maximum Gasteiger partial charge on any atom is 0.212 e. The molecule has 2 heterocycles. The van der Waals surface area contributed by atoms with Crippen molar-refractivity contribution in [3.05, 3.63) is 63.7 Å². The van der Waals surface area contributed by atoms with Crippen molar-refractivity contribution in [2.75, 3.05) is 18.0 Å². The molecule has 0 amide bonds. The molecule has 0 N–H and O–H groups in total. The van der Waals surface area contributed by atoms with Gasteiger partial charge in [0, 0.05) is 26.3 Å². The zero-order chi connectivity index (χ0) is 22.5. The Balaban J connectivity index is 1.89. The topological polar surface area (TPSA) is 59.4 Å². The Hall–Kier alpha value is -2.67. The molecule has 1 aromatic heterocycles. The molecule has 0 atom stereocenters. The van der Waals surface area contributed by atoms with Gasteiger partial charge < -0.3 is 9.47 Å². The van der Waals surface area contributed by atoms with Crippen molar-refractivity contribution >= 4 is 26.4 Å². The van der Waals surface area contributed by atoms with Gasteiger partial charge in [-0.3, -0.25) is 4.79 Å². The summed E-state index contributed by atoms with van der Waals surface area (Å²) in [5.41, 5.74) is 1.65. The first-order valence-corrected chi connectivity index (χ1v) is 12.0. The number of pyridine rings is 1. The van der Waals surface area contributed by atoms with E-state index in [9.17, 15) is 13.2 Å². The van der Waals surface area contributed by atoms with Crippen molar-refractivity contribution in [2.45, 2.75) is 43.4 Å². The molecule has 0 spiro atoms. The number of halogens is 1. The predicted octanol–water partition coefficient (Wildman–Crippen LogP) is 4.36. The van der Waals surface area contributed by atoms with Gasteiger partial charge in [0.25, 0.3) is 0 Å². The number of aryl methyl sites for hydroxylation is 3. The van der Waals surface area contributed by atoms with Crippen LogP contribution in [0.2, 0.25) is 0 Å². The van der Waals surface area contributed by atoms with Crippen molar-refractivity contribution in [3.63, 3.8) is 0 Å². The van der Waals surface area contributed by atoms with E-state index in [4.69, 9.17) is 0 Å². The number of aromatic nitrogens is 1. The Morgan fingerprint density at radius 1 is 1.03 bits per heavy atom. The van der Waals surface area contributed by atoms with Crippen molar-refractivity contribution in [2.24, 2.45) is 13.0 Å². The van der Waals surface area contributed by atoms with Gasteiger partial charge in [0.05, 0.1) is 21.5 Å². The molecule has 164 valence electrons. The normalized spacial score (nSPS) is 15.6. The fourth-order valence-corrected chi connectivity index (χ4v) is 5.98. The number of anilines is 1. The van der Waals surface area contributed by atoms with Crippen LogP contribution in [-0.2, 0) is 16.9 Å². The number of piperidine rings is 1. The number of hydrogen-bond acceptors (Lipinski definition) is 4. The van der Waals surface area contributed by atoms with E-state index in [1.54, 1.807) is 43.7 Å². The van der Waals surface area contributed by atoms with Crippen molar-refractivity contribution in [3.8, 4) is 0 Å². The maximum absolute atomic E-state index is 15.0. The minimum atomic E-state index is -4.05. The Morgan fingerprint density at radius 3 is 2.39 bits per heavy atom. The van der Waals surface area contributed by atoms with Crippen molar-refractivity contribution < 1.29 is 12.8 Å². The summed E-state index contributed by atoms with van der Waals surface area (Å²) in [7, 11) is -2.37. The quantitative estimate of drug-likeness (QED) is 0.605. The van der Waals surface area contributed by atoms with Gasteiger partial charge in [0.1, 0.15) is 10.7 Å². The molecule has 0 unspecified atom stereocenters. The van der Waals surface area contributed by atoms with Crippen LogP contribution < -0.4 is 10.3 Å². The number of sulfone groups is 1. The summed E-state index contributed by atoms with van der Waals surface area (Å²) >= 11 is 0. The van der Waals surface area contributed by atoms with Crippen LogP contribution in [0.1, 0.15) is 30.9 Å². The third-order valence-corrected chi connectivity index (χ3v) is 8.16. The first-order valence-electron chi connectivity index (χ1n) is 10.5. The highest BCUT2D eigenvalue weighted by Gasteiger charge is 2.26. The molecule has 0 radical (unpaired) electrons. The van der Waals surface area contributed by atoms with Crippen LogP contribution in [0.15, 0.2) is 51.1 Å². The SMILES string of the molecule is Cc1ccc(C)c(S(=O)(=O)c2cn(C)c3cc(N4CCC(C)CC4)c(F)cc3c2=O)c1. The van der Waals surface area contributed by atoms with Crippen LogP contribution in [0.25, 0.3) is 10.9 Å². The first-order chi connectivity index (χ1) is 14.6. The summed E-state index contributed by atoms with van der Waals surface area (Å²) in [5, 5.41) is 0.0699. The third-order valence-electron chi connectivity index (χ3n) is 6.27. The van der Waals surface area contributed by atoms with Crippen molar-refractivity contribution in [1.29, 1.82) is 0 Å². The smallest absolute Gasteiger partial charge is 0.212 e. The Kier molecular flexibility index (Phi) is 5.41. The Bertz CT molecular complexity index is 1340. The molecular formula is C24H27FN2O3S. The van der Waals surface area contributed by atoms with Gasteiger partial charge in [-0.15, -0.1) is 0 Å². The molecular weight excluding hydrogens is 415 g/mol. The third kappa shape index (κ3) is 3.76. The second kappa shape index (κ2) is 7.79. The van der Waals surface area contributed by atoms with Crippen LogP contribution in [0.5, 0.6) is 0 Å². The van der Waals surface area contributed by atoms with Crippen LogP contribution in [0, 0.1) is 25.6 Å². The Morgan fingerprint density at radius 2 is 1.71 bits per heavy atom. The van der Waals surface area contributed by atoms with Gasteiger partial charge in [-0.2, -0.15) is 0 Å². The van der Waals surface area contributed by atoms with Crippen LogP contribution in [0.3, 0.4) is 0 Å². The number of fused-ring (bicyclic) bond motifs is 1. The highest BCUT2D eigenvalue weighted by molar-refractivity contribution is 7.91. The molecule has 1 aliphatic rings. The van der Waals surface area contributed by atoms with Gasteiger partial charge in [-0.25, -0.2) is 12.8 Å². The zero-order valence-electron chi connectivity index (χ0n) is 18.3. The van der Waals surface area contributed by atoms with E-state index in [-0.39, 0.29) is 15.2 Å². The maximum atomic E-state index is 15.0. The molecule has 2 aromatic carbocycles. The van der Waals surface area contributed by atoms with E-state index in [2.05, 4.69) is 6.92 Å². The lowest BCUT2D eigenvalue weighted by Crippen LogP contribution is -2.33. The van der Waals surface area contributed by atoms with E-state index in [0.29, 0.717) is 22.7 Å². The molecule has 31 heavy (non-hydrogen) atoms. The lowest BCUT2D eigenvalue weighted by atomic mass is 9.98. The van der Waals surface area contributed by atoms with Gasteiger partial charge in [-0.05, 0) is 61.9 Å². The summed E-state index contributed by atoms with van der Waals surface area (Å²) in [6.45, 7) is 7.21. The van der Waals surface area contributed by atoms with Crippen LogP contribution in [0.4, 0.5) is 10.1 Å². The summed E-state index contributed by atoms with van der Waals surface area (Å²) in [5.74, 6) is 0.113. The average Bonchev–Trinajstić information content (AvgIpc) is 2.72. The Labute approximate surface area is 182 Å². The van der Waals surface area contributed by atoms with Crippen LogP contribution >= 0.6 is 0 Å². The molecule has 5 nitrogen and oxygen atoms in total. The summed E-state index contributed by atoms with van der Waals surface area (Å²) < 4.78 is 43.3. The van der Waals surface area contributed by atoms with E-state index in [1.807, 2.05) is 11.0 Å². The molecule has 0 aliphatic carbocycles. The largest absolute Gasteiger partial charge is 0.369 e. The van der Waals surface area contributed by atoms with E-state index >= 15 is 4.39 Å². The lowest BCUT2D eigenvalue weighted by Gasteiger charge is -2.32. The molecule has 0 bridgehead atoms. The second-order valence-electron chi connectivity index (χ2n) is 8.70. The van der Waals surface area contributed by atoms with E-state index in [1.165, 1.54) is 12.3 Å². The minimum Gasteiger partial charge on any atom is -0.369 e. The van der Waals surface area contributed by atoms with Crippen LogP contribution in [-0.4, -0.2) is 26.1 Å². The standard InChI is InChI=1S/C24H27FN2O3S/c1-15-7-9-27(10-8-15)21-13-20-18(12-19(21)25)24(28)23(14-26(20)4)31(29,30)22-11-16(2)5-6-17(22)3/h5-6,11-15H,7-10H2,1-4H3. The van der Waals surface area contributed by atoms with E-state index in [0.717, 1.165) is 31.5 Å². The molecule has 1 saturated heterocycles. The number of benzene rings is 2. The molecule has 0 saturated carbocycles. The lowest BCUT2D eigenvalue weighted by molar-refractivity contribution is 0.434. The molecule has 4 rings (SSSR count). The average molecular weight is 443 g/mol. The predicted molar refractivity (Wildman–Crippen MR) is 121 cm³/mol. The van der Waals surface area contributed by atoms with Gasteiger partial charge in [0.15, 0.2) is 0 Å². The highest BCUT2D eigenvalue weighted by Crippen LogP contribution is 2.30. The first kappa shape index (κ1) is 21.6. The molecule has 3 aromatic rings. The zero-order valence-corrected chi connectivity index (χ0v) is 19.1. The number of nitrogens with zero attached hydrogens (tertiary/aromatic N) is 2. The monoisotopic (exact) mass is 442 g/mol. The summed E-state index contributed by atoms with van der Waals surface area (Å²) in [6, 6.07) is 7.96. The summed E-state index contributed by atoms with van der Waals surface area (Å²) in [4.78, 5) is 15.0. The van der Waals surface area contributed by atoms with E-state index < -0.39 is 21.1 Å². The fraction of sp³-hybridized carbons (Fsp3) is 0.375. The summed E-state index contributed by atoms with van der Waals surface area (Å²) in [6.07, 6.45) is 3.33. The minimum absolute atomic E-state index is 0.0699. The highest BCUT2D eigenvalue weighted by atomic mass is 32.2. The molecule has 1 aliphatic heterocycles. The molecule has 7 heteroatoms. The van der Waals surface area contributed by atoms with Gasteiger partial charge in [-0.1, -0.05) is 19.1 Å². The number of rotatable bonds is 3.